The van der Waals surface area contributed by atoms with Crippen molar-refractivity contribution in [2.75, 3.05) is 26.7 Å². The number of piperidine rings is 1. The molecule has 0 bridgehead atoms. The number of carbonyl (C=O) groups excluding carboxylic acids is 1. The average Bonchev–Trinajstić information content (AvgIpc) is 2.41. The van der Waals surface area contributed by atoms with E-state index in [0.717, 1.165) is 12.1 Å². The predicted molar refractivity (Wildman–Crippen MR) is 73.8 cm³/mol. The van der Waals surface area contributed by atoms with Gasteiger partial charge in [-0.25, -0.2) is 0 Å². The smallest absolute Gasteiger partial charge is 0.176 e. The van der Waals surface area contributed by atoms with Crippen LogP contribution in [0.15, 0.2) is 24.3 Å². The van der Waals surface area contributed by atoms with Gasteiger partial charge in [0, 0.05) is 12.1 Å². The Bertz CT molecular complexity index is 380. The van der Waals surface area contributed by atoms with Gasteiger partial charge in [0.05, 0.1) is 6.54 Å². The standard InChI is InChI=1S/C15H22N2O/c1-16-11-15(18)14-7-5-13(6-8-14)12-17-9-3-2-4-10-17/h5-8,16H,2-4,9-12H2,1H3. The number of carbonyl (C=O) groups is 1. The molecule has 0 saturated carbocycles. The van der Waals surface area contributed by atoms with Crippen LogP contribution in [0.3, 0.4) is 0 Å². The molecule has 0 radical (unpaired) electrons. The highest BCUT2D eigenvalue weighted by Crippen LogP contribution is 2.13. The van der Waals surface area contributed by atoms with Crippen molar-refractivity contribution in [3.63, 3.8) is 0 Å². The van der Waals surface area contributed by atoms with Crippen LogP contribution in [0, 0.1) is 0 Å². The van der Waals surface area contributed by atoms with Crippen LogP contribution in [0.4, 0.5) is 0 Å². The second kappa shape index (κ2) is 6.66. The lowest BCUT2D eigenvalue weighted by atomic mass is 10.1. The van der Waals surface area contributed by atoms with E-state index in [4.69, 9.17) is 0 Å². The van der Waals surface area contributed by atoms with E-state index in [-0.39, 0.29) is 5.78 Å². The van der Waals surface area contributed by atoms with Crippen molar-refractivity contribution >= 4 is 5.78 Å². The highest BCUT2D eigenvalue weighted by molar-refractivity contribution is 5.97. The maximum Gasteiger partial charge on any atom is 0.176 e. The molecule has 3 heteroatoms. The lowest BCUT2D eigenvalue weighted by Crippen LogP contribution is -2.29. The quantitative estimate of drug-likeness (QED) is 0.807. The summed E-state index contributed by atoms with van der Waals surface area (Å²) in [7, 11) is 1.79. The topological polar surface area (TPSA) is 32.3 Å². The van der Waals surface area contributed by atoms with Crippen LogP contribution >= 0.6 is 0 Å². The van der Waals surface area contributed by atoms with E-state index < -0.39 is 0 Å². The van der Waals surface area contributed by atoms with Crippen LogP contribution in [0.1, 0.15) is 35.2 Å². The monoisotopic (exact) mass is 246 g/mol. The summed E-state index contributed by atoms with van der Waals surface area (Å²) in [4.78, 5) is 14.2. The summed E-state index contributed by atoms with van der Waals surface area (Å²) in [5.41, 5.74) is 2.10. The first-order valence-corrected chi connectivity index (χ1v) is 6.78. The van der Waals surface area contributed by atoms with Gasteiger partial charge in [-0.05, 0) is 38.5 Å². The summed E-state index contributed by atoms with van der Waals surface area (Å²) in [6.07, 6.45) is 4.01. The van der Waals surface area contributed by atoms with Gasteiger partial charge in [-0.2, -0.15) is 0 Å². The van der Waals surface area contributed by atoms with Crippen LogP contribution in [0.25, 0.3) is 0 Å². The van der Waals surface area contributed by atoms with Gasteiger partial charge in [-0.3, -0.25) is 9.69 Å². The van der Waals surface area contributed by atoms with Gasteiger partial charge in [0.2, 0.25) is 0 Å². The van der Waals surface area contributed by atoms with Gasteiger partial charge in [-0.15, -0.1) is 0 Å². The molecule has 0 aromatic heterocycles. The van der Waals surface area contributed by atoms with Crippen LogP contribution in [-0.2, 0) is 6.54 Å². The fourth-order valence-electron chi connectivity index (χ4n) is 2.43. The van der Waals surface area contributed by atoms with Crippen molar-refractivity contribution < 1.29 is 4.79 Å². The Morgan fingerprint density at radius 1 is 1.17 bits per heavy atom. The maximum absolute atomic E-state index is 11.7. The molecule has 0 unspecified atom stereocenters. The molecule has 0 amide bonds. The Kier molecular flexibility index (Phi) is 4.90. The van der Waals surface area contributed by atoms with Crippen molar-refractivity contribution in [1.29, 1.82) is 0 Å². The van der Waals surface area contributed by atoms with E-state index in [0.29, 0.717) is 6.54 Å². The molecular formula is C15H22N2O. The third-order valence-corrected chi connectivity index (χ3v) is 3.47. The molecule has 1 aromatic rings. The van der Waals surface area contributed by atoms with E-state index >= 15 is 0 Å². The van der Waals surface area contributed by atoms with E-state index in [1.165, 1.54) is 37.9 Å². The third kappa shape index (κ3) is 3.65. The number of likely N-dealkylation sites (tertiary alicyclic amines) is 1. The molecule has 1 N–H and O–H groups in total. The number of likely N-dealkylation sites (N-methyl/N-ethyl adjacent to an activating group) is 1. The molecule has 1 aromatic carbocycles. The van der Waals surface area contributed by atoms with Crippen molar-refractivity contribution in [2.45, 2.75) is 25.8 Å². The first-order valence-electron chi connectivity index (χ1n) is 6.78. The molecule has 1 fully saturated rings. The molecule has 1 heterocycles. The average molecular weight is 246 g/mol. The summed E-state index contributed by atoms with van der Waals surface area (Å²) in [6.45, 7) is 3.84. The molecule has 18 heavy (non-hydrogen) atoms. The van der Waals surface area contributed by atoms with Gasteiger partial charge in [0.25, 0.3) is 0 Å². The minimum absolute atomic E-state index is 0.155. The minimum atomic E-state index is 0.155. The summed E-state index contributed by atoms with van der Waals surface area (Å²) in [6, 6.07) is 8.05. The van der Waals surface area contributed by atoms with E-state index in [1.54, 1.807) is 7.05 Å². The van der Waals surface area contributed by atoms with Gasteiger partial charge in [0.1, 0.15) is 0 Å². The summed E-state index contributed by atoms with van der Waals surface area (Å²) in [5.74, 6) is 0.155. The number of nitrogens with one attached hydrogen (secondary N) is 1. The molecule has 1 aliphatic rings. The lowest BCUT2D eigenvalue weighted by Gasteiger charge is -2.26. The molecule has 1 aliphatic heterocycles. The molecule has 0 atom stereocenters. The van der Waals surface area contributed by atoms with Gasteiger partial charge in [0.15, 0.2) is 5.78 Å². The zero-order valence-electron chi connectivity index (χ0n) is 11.1. The van der Waals surface area contributed by atoms with E-state index in [9.17, 15) is 4.79 Å². The van der Waals surface area contributed by atoms with E-state index in [1.807, 2.05) is 12.1 Å². The summed E-state index contributed by atoms with van der Waals surface area (Å²) in [5, 5.41) is 2.89. The van der Waals surface area contributed by atoms with Crippen molar-refractivity contribution in [1.82, 2.24) is 10.2 Å². The Morgan fingerprint density at radius 3 is 2.44 bits per heavy atom. The molecule has 98 valence electrons. The summed E-state index contributed by atoms with van der Waals surface area (Å²) < 4.78 is 0. The first-order chi connectivity index (χ1) is 8.79. The van der Waals surface area contributed by atoms with Crippen molar-refractivity contribution in [3.05, 3.63) is 35.4 Å². The normalized spacial score (nSPS) is 16.7. The number of rotatable bonds is 5. The molecule has 2 rings (SSSR count). The molecule has 3 nitrogen and oxygen atoms in total. The lowest BCUT2D eigenvalue weighted by molar-refractivity contribution is 0.0993. The molecule has 0 spiro atoms. The largest absolute Gasteiger partial charge is 0.313 e. The summed E-state index contributed by atoms with van der Waals surface area (Å²) >= 11 is 0. The third-order valence-electron chi connectivity index (χ3n) is 3.47. The Hall–Kier alpha value is -1.19. The number of ketones is 1. The van der Waals surface area contributed by atoms with Crippen molar-refractivity contribution in [2.24, 2.45) is 0 Å². The van der Waals surface area contributed by atoms with Crippen LogP contribution in [0.2, 0.25) is 0 Å². The number of benzene rings is 1. The van der Waals surface area contributed by atoms with Gasteiger partial charge < -0.3 is 5.32 Å². The number of hydrogen-bond acceptors (Lipinski definition) is 3. The second-order valence-electron chi connectivity index (χ2n) is 4.99. The second-order valence-corrected chi connectivity index (χ2v) is 4.99. The van der Waals surface area contributed by atoms with Crippen LogP contribution < -0.4 is 5.32 Å². The van der Waals surface area contributed by atoms with Gasteiger partial charge >= 0.3 is 0 Å². The number of nitrogens with zero attached hydrogens (tertiary/aromatic N) is 1. The zero-order chi connectivity index (χ0) is 12.8. The molecule has 0 aliphatic carbocycles. The Balaban J connectivity index is 1.92. The number of hydrogen-bond donors (Lipinski definition) is 1. The molecule has 1 saturated heterocycles. The first kappa shape index (κ1) is 13.2. The van der Waals surface area contributed by atoms with Crippen LogP contribution in [-0.4, -0.2) is 37.4 Å². The maximum atomic E-state index is 11.7. The van der Waals surface area contributed by atoms with Gasteiger partial charge in [-0.1, -0.05) is 30.7 Å². The fraction of sp³-hybridized carbons (Fsp3) is 0.533. The fourth-order valence-corrected chi connectivity index (χ4v) is 2.43. The highest BCUT2D eigenvalue weighted by atomic mass is 16.1. The highest BCUT2D eigenvalue weighted by Gasteiger charge is 2.10. The van der Waals surface area contributed by atoms with E-state index in [2.05, 4.69) is 22.3 Å². The van der Waals surface area contributed by atoms with Crippen molar-refractivity contribution in [3.8, 4) is 0 Å². The minimum Gasteiger partial charge on any atom is -0.313 e. The number of Topliss-reactive ketones (excluding diaryl/α,β-unsaturated/α-hetero) is 1. The SMILES string of the molecule is CNCC(=O)c1ccc(CN2CCCCC2)cc1. The Morgan fingerprint density at radius 2 is 1.83 bits per heavy atom. The zero-order valence-corrected chi connectivity index (χ0v) is 11.1. The predicted octanol–water partition coefficient (Wildman–Crippen LogP) is 2.07. The van der Waals surface area contributed by atoms with Crippen LogP contribution in [0.5, 0.6) is 0 Å². The Labute approximate surface area is 109 Å². The molecular weight excluding hydrogens is 224 g/mol.